The first kappa shape index (κ1) is 20.6. The van der Waals surface area contributed by atoms with Crippen molar-refractivity contribution in [3.8, 4) is 0 Å². The number of hydrogen-bond donors (Lipinski definition) is 0. The van der Waals surface area contributed by atoms with Crippen LogP contribution in [0.15, 0.2) is 0 Å². The van der Waals surface area contributed by atoms with E-state index < -0.39 is 18.8 Å². The summed E-state index contributed by atoms with van der Waals surface area (Å²) in [5.41, 5.74) is -1.21. The second-order valence-corrected chi connectivity index (χ2v) is 9.10. The smallest absolute Gasteiger partial charge is 0.332 e. The first-order chi connectivity index (χ1) is 9.37. The molecule has 0 radical (unpaired) electrons. The minimum atomic E-state index is -3.36. The van der Waals surface area contributed by atoms with Gasteiger partial charge in [0.25, 0.3) is 0 Å². The summed E-state index contributed by atoms with van der Waals surface area (Å²) in [4.78, 5) is 11.6. The van der Waals surface area contributed by atoms with E-state index in [1.165, 1.54) is 0 Å². The summed E-state index contributed by atoms with van der Waals surface area (Å²) in [6.45, 7) is 13.3. The van der Waals surface area contributed by atoms with Gasteiger partial charge in [-0.15, -0.1) is 0 Å². The van der Waals surface area contributed by atoms with Crippen molar-refractivity contribution in [1.29, 1.82) is 0 Å². The summed E-state index contributed by atoms with van der Waals surface area (Å²) < 4.78 is 29.1. The molecule has 6 heteroatoms. The SMILES string of the molecule is CCCCOC(=O)CCP(=O)(OC(C)(C)C)OC(C)(C)C. The number of carbonyl (C=O) groups is 1. The van der Waals surface area contributed by atoms with Crippen molar-refractivity contribution < 1.29 is 23.1 Å². The summed E-state index contributed by atoms with van der Waals surface area (Å²) in [5.74, 6) is -0.362. The first-order valence-electron chi connectivity index (χ1n) is 7.53. The van der Waals surface area contributed by atoms with Gasteiger partial charge in [-0.05, 0) is 48.0 Å². The van der Waals surface area contributed by atoms with Gasteiger partial charge in [-0.25, -0.2) is 0 Å². The topological polar surface area (TPSA) is 61.8 Å². The van der Waals surface area contributed by atoms with Crippen LogP contribution in [0.5, 0.6) is 0 Å². The van der Waals surface area contributed by atoms with E-state index in [1.807, 2.05) is 48.5 Å². The van der Waals surface area contributed by atoms with E-state index in [9.17, 15) is 9.36 Å². The van der Waals surface area contributed by atoms with Gasteiger partial charge in [0.15, 0.2) is 0 Å². The monoisotopic (exact) mass is 322 g/mol. The highest BCUT2D eigenvalue weighted by Crippen LogP contribution is 2.54. The van der Waals surface area contributed by atoms with Gasteiger partial charge in [-0.1, -0.05) is 13.3 Å². The number of carbonyl (C=O) groups excluding carboxylic acids is 1. The zero-order chi connectivity index (χ0) is 16.7. The van der Waals surface area contributed by atoms with Crippen molar-refractivity contribution >= 4 is 13.6 Å². The van der Waals surface area contributed by atoms with Crippen LogP contribution in [0.2, 0.25) is 0 Å². The largest absolute Gasteiger partial charge is 0.466 e. The van der Waals surface area contributed by atoms with Crippen LogP contribution in [0.1, 0.15) is 67.7 Å². The Morgan fingerprint density at radius 1 is 1.00 bits per heavy atom. The molecule has 21 heavy (non-hydrogen) atoms. The molecule has 0 aromatic rings. The van der Waals surface area contributed by atoms with Crippen LogP contribution < -0.4 is 0 Å². The van der Waals surface area contributed by atoms with E-state index in [0.717, 1.165) is 12.8 Å². The molecule has 0 heterocycles. The van der Waals surface area contributed by atoms with Crippen LogP contribution >= 0.6 is 7.60 Å². The van der Waals surface area contributed by atoms with Crippen LogP contribution in [0, 0.1) is 0 Å². The predicted octanol–water partition coefficient (Wildman–Crippen LogP) is 4.54. The molecular formula is C15H31O5P. The lowest BCUT2D eigenvalue weighted by Gasteiger charge is -2.31. The Morgan fingerprint density at radius 3 is 1.86 bits per heavy atom. The van der Waals surface area contributed by atoms with Gasteiger partial charge in [-0.3, -0.25) is 9.36 Å². The van der Waals surface area contributed by atoms with E-state index in [-0.39, 0.29) is 18.6 Å². The van der Waals surface area contributed by atoms with E-state index in [2.05, 4.69) is 0 Å². The van der Waals surface area contributed by atoms with Crippen LogP contribution in [-0.4, -0.2) is 29.9 Å². The van der Waals surface area contributed by atoms with Crippen molar-refractivity contribution in [2.75, 3.05) is 12.8 Å². The van der Waals surface area contributed by atoms with Gasteiger partial charge in [0, 0.05) is 0 Å². The van der Waals surface area contributed by atoms with Crippen LogP contribution in [0.4, 0.5) is 0 Å². The molecular weight excluding hydrogens is 291 g/mol. The highest BCUT2D eigenvalue weighted by Gasteiger charge is 2.35. The van der Waals surface area contributed by atoms with Gasteiger partial charge in [0.2, 0.25) is 0 Å². The normalized spacial score (nSPS) is 13.3. The van der Waals surface area contributed by atoms with Crippen molar-refractivity contribution in [1.82, 2.24) is 0 Å². The van der Waals surface area contributed by atoms with Crippen LogP contribution in [-0.2, 0) is 23.1 Å². The van der Waals surface area contributed by atoms with Gasteiger partial charge < -0.3 is 13.8 Å². The summed E-state index contributed by atoms with van der Waals surface area (Å²) >= 11 is 0. The Balaban J connectivity index is 4.62. The molecule has 0 unspecified atom stereocenters. The average molecular weight is 322 g/mol. The highest BCUT2D eigenvalue weighted by atomic mass is 31.2. The molecule has 5 nitrogen and oxygen atoms in total. The fourth-order valence-electron chi connectivity index (χ4n) is 1.58. The Morgan fingerprint density at radius 2 is 1.48 bits per heavy atom. The summed E-state index contributed by atoms with van der Waals surface area (Å²) in [5, 5.41) is 0. The van der Waals surface area contributed by atoms with Crippen LogP contribution in [0.25, 0.3) is 0 Å². The van der Waals surface area contributed by atoms with E-state index in [0.29, 0.717) is 6.61 Å². The lowest BCUT2D eigenvalue weighted by atomic mass is 10.2. The minimum absolute atomic E-state index is 0.0342. The molecule has 126 valence electrons. The summed E-state index contributed by atoms with van der Waals surface area (Å²) in [6.07, 6.45) is 1.87. The van der Waals surface area contributed by atoms with Gasteiger partial charge in [-0.2, -0.15) is 0 Å². The number of esters is 1. The maximum Gasteiger partial charge on any atom is 0.332 e. The van der Waals surface area contributed by atoms with Gasteiger partial charge >= 0.3 is 13.6 Å². The van der Waals surface area contributed by atoms with Crippen molar-refractivity contribution in [2.24, 2.45) is 0 Å². The Bertz CT molecular complexity index is 345. The molecule has 0 N–H and O–H groups in total. The molecule has 0 saturated carbocycles. The molecule has 0 spiro atoms. The second-order valence-electron chi connectivity index (χ2n) is 7.07. The molecule has 0 bridgehead atoms. The molecule has 0 atom stereocenters. The van der Waals surface area contributed by atoms with Gasteiger partial charge in [0.05, 0.1) is 30.4 Å². The first-order valence-corrected chi connectivity index (χ1v) is 9.26. The third-order valence-corrected chi connectivity index (χ3v) is 4.60. The molecule has 0 amide bonds. The number of hydrogen-bond acceptors (Lipinski definition) is 5. The maximum absolute atomic E-state index is 12.8. The third kappa shape index (κ3) is 11.9. The molecule has 0 aliphatic heterocycles. The summed E-state index contributed by atoms with van der Waals surface area (Å²) in [7, 11) is -3.36. The zero-order valence-electron chi connectivity index (χ0n) is 14.5. The minimum Gasteiger partial charge on any atom is -0.466 e. The fourth-order valence-corrected chi connectivity index (χ4v) is 3.92. The number of unbranched alkanes of at least 4 members (excludes halogenated alkanes) is 1. The van der Waals surface area contributed by atoms with Crippen LogP contribution in [0.3, 0.4) is 0 Å². The standard InChI is InChI=1S/C15H31O5P/c1-8-9-11-18-13(16)10-12-21(17,19-14(2,3)4)20-15(5,6)7/h8-12H2,1-7H3. The molecule has 0 rings (SSSR count). The third-order valence-electron chi connectivity index (χ3n) is 2.18. The van der Waals surface area contributed by atoms with E-state index in [4.69, 9.17) is 13.8 Å². The van der Waals surface area contributed by atoms with Gasteiger partial charge in [0.1, 0.15) is 0 Å². The molecule has 0 saturated heterocycles. The number of rotatable bonds is 8. The lowest BCUT2D eigenvalue weighted by Crippen LogP contribution is -2.25. The Hall–Kier alpha value is -0.380. The molecule has 0 aliphatic rings. The number of ether oxygens (including phenoxy) is 1. The zero-order valence-corrected chi connectivity index (χ0v) is 15.4. The van der Waals surface area contributed by atoms with Crippen molar-refractivity contribution in [2.45, 2.75) is 78.9 Å². The van der Waals surface area contributed by atoms with Crippen molar-refractivity contribution in [3.05, 3.63) is 0 Å². The highest BCUT2D eigenvalue weighted by molar-refractivity contribution is 7.53. The van der Waals surface area contributed by atoms with E-state index in [1.54, 1.807) is 0 Å². The second kappa shape index (κ2) is 8.30. The molecule has 0 aliphatic carbocycles. The quantitative estimate of drug-likeness (QED) is 0.373. The Labute approximate surface area is 129 Å². The fraction of sp³-hybridized carbons (Fsp3) is 0.933. The molecule has 0 aromatic carbocycles. The Kier molecular flexibility index (Phi) is 8.15. The lowest BCUT2D eigenvalue weighted by molar-refractivity contribution is -0.143. The van der Waals surface area contributed by atoms with E-state index >= 15 is 0 Å². The van der Waals surface area contributed by atoms with Crippen molar-refractivity contribution in [3.63, 3.8) is 0 Å². The summed E-state index contributed by atoms with van der Waals surface area (Å²) in [6, 6.07) is 0. The molecule has 0 fully saturated rings. The predicted molar refractivity (Wildman–Crippen MR) is 84.6 cm³/mol. The maximum atomic E-state index is 12.8. The average Bonchev–Trinajstić information content (AvgIpc) is 2.21. The molecule has 0 aromatic heterocycles.